The number of fused-ring (bicyclic) bond motifs is 8. The van der Waals surface area contributed by atoms with Gasteiger partial charge >= 0.3 is 0 Å². The lowest BCUT2D eigenvalue weighted by molar-refractivity contribution is 0.518. The predicted molar refractivity (Wildman–Crippen MR) is 272 cm³/mol. The van der Waals surface area contributed by atoms with Gasteiger partial charge in [-0.15, -0.1) is 0 Å². The van der Waals surface area contributed by atoms with Gasteiger partial charge in [0, 0.05) is 44.6 Å². The molecule has 0 bridgehead atoms. The molecule has 1 atom stereocenters. The highest BCUT2D eigenvalue weighted by atomic mass is 15.1. The van der Waals surface area contributed by atoms with Gasteiger partial charge in [-0.1, -0.05) is 153 Å². The quantitative estimate of drug-likeness (QED) is 0.188. The number of allylic oxidation sites excluding steroid dienone is 2. The molecule has 0 saturated carbocycles. The van der Waals surface area contributed by atoms with Crippen LogP contribution >= 0.6 is 0 Å². The summed E-state index contributed by atoms with van der Waals surface area (Å²) in [5, 5.41) is 13.9. The van der Waals surface area contributed by atoms with Gasteiger partial charge in [0.05, 0.1) is 28.1 Å². The Labute approximate surface area is 377 Å². The van der Waals surface area contributed by atoms with Crippen LogP contribution in [0.5, 0.6) is 0 Å². The van der Waals surface area contributed by atoms with Crippen molar-refractivity contribution in [2.45, 2.75) is 32.4 Å². The molecule has 1 N–H and O–H groups in total. The summed E-state index contributed by atoms with van der Waals surface area (Å²) in [4.78, 5) is 10.7. The largest absolute Gasteiger partial charge is 0.362 e. The first-order chi connectivity index (χ1) is 31.9. The van der Waals surface area contributed by atoms with Crippen molar-refractivity contribution in [3.05, 3.63) is 234 Å². The lowest BCUT2D eigenvalue weighted by atomic mass is 9.81. The minimum atomic E-state index is -0.367. The van der Waals surface area contributed by atoms with Crippen molar-refractivity contribution >= 4 is 65.4 Å². The SMILES string of the molecule is Cc1ccccc1-c1cc2c(cc1-c1ccccc1)C(C)(C)C1=C2C(c2ccccn2)=NC(c2cccc3c(-n4c5cc6ccccc6cc5c5cc6ccccc6cc54)cccc23)N1. The lowest BCUT2D eigenvalue weighted by Crippen LogP contribution is -2.34. The summed E-state index contributed by atoms with van der Waals surface area (Å²) in [7, 11) is 0. The topological polar surface area (TPSA) is 42.2 Å². The molecule has 1 aliphatic carbocycles. The van der Waals surface area contributed by atoms with E-state index in [2.05, 4.69) is 219 Å². The zero-order valence-electron chi connectivity index (χ0n) is 36.5. The maximum atomic E-state index is 5.72. The Morgan fingerprint density at radius 1 is 0.508 bits per heavy atom. The second-order valence-electron chi connectivity index (χ2n) is 18.2. The van der Waals surface area contributed by atoms with Crippen LogP contribution in [0.15, 0.2) is 211 Å². The molecule has 0 fully saturated rings. The zero-order valence-corrected chi connectivity index (χ0v) is 36.5. The third-order valence-electron chi connectivity index (χ3n) is 14.1. The number of nitrogens with zero attached hydrogens (tertiary/aromatic N) is 3. The van der Waals surface area contributed by atoms with Crippen LogP contribution in [0.4, 0.5) is 0 Å². The lowest BCUT2D eigenvalue weighted by Gasteiger charge is -2.32. The van der Waals surface area contributed by atoms with E-state index >= 15 is 0 Å². The Kier molecular flexibility index (Phi) is 8.20. The predicted octanol–water partition coefficient (Wildman–Crippen LogP) is 15.1. The minimum absolute atomic E-state index is 0.364. The van der Waals surface area contributed by atoms with Crippen LogP contribution < -0.4 is 5.32 Å². The number of aromatic nitrogens is 2. The monoisotopic (exact) mass is 832 g/mol. The molecule has 0 amide bonds. The molecule has 9 aromatic carbocycles. The van der Waals surface area contributed by atoms with E-state index in [0.29, 0.717) is 0 Å². The summed E-state index contributed by atoms with van der Waals surface area (Å²) >= 11 is 0. The molecule has 11 aromatic rings. The van der Waals surface area contributed by atoms with Crippen LogP contribution in [0.25, 0.3) is 87.6 Å². The Morgan fingerprint density at radius 2 is 1.14 bits per heavy atom. The molecule has 0 spiro atoms. The first-order valence-electron chi connectivity index (χ1n) is 22.6. The zero-order chi connectivity index (χ0) is 43.4. The maximum absolute atomic E-state index is 5.72. The van der Waals surface area contributed by atoms with Gasteiger partial charge < -0.3 is 9.88 Å². The maximum Gasteiger partial charge on any atom is 0.145 e. The summed E-state index contributed by atoms with van der Waals surface area (Å²) in [5.74, 6) is 0. The Bertz CT molecular complexity index is 3740. The van der Waals surface area contributed by atoms with E-state index in [0.717, 1.165) is 33.6 Å². The van der Waals surface area contributed by atoms with Crippen molar-refractivity contribution in [1.29, 1.82) is 0 Å². The Morgan fingerprint density at radius 3 is 1.83 bits per heavy atom. The molecule has 308 valence electrons. The van der Waals surface area contributed by atoms with Crippen molar-refractivity contribution in [3.63, 3.8) is 0 Å². The van der Waals surface area contributed by atoms with Crippen molar-refractivity contribution < 1.29 is 0 Å². The third kappa shape index (κ3) is 5.70. The fourth-order valence-corrected chi connectivity index (χ4v) is 11.0. The fraction of sp³-hybridized carbons (Fsp3) is 0.0820. The second-order valence-corrected chi connectivity index (χ2v) is 18.2. The summed E-state index contributed by atoms with van der Waals surface area (Å²) in [6, 6.07) is 70.9. The highest BCUT2D eigenvalue weighted by molar-refractivity contribution is 6.34. The summed E-state index contributed by atoms with van der Waals surface area (Å²) in [5.41, 5.74) is 17.0. The number of pyridine rings is 1. The average molecular weight is 833 g/mol. The standard InChI is InChI=1S/C61H44N4/c1-37-17-7-12-24-43(37)48-35-51-52(36-47(48)38-18-5-4-6-19-38)61(2,3)59-57(51)58(53-28-13-14-30-62-53)63-60(64-59)46-27-15-26-45-44(46)25-16-29-54(45)65-55-33-41-22-10-8-20-39(41)31-49(55)50-32-40-21-9-11-23-42(40)34-56(50)65/h4-36,60,64H,1-3H3. The summed E-state index contributed by atoms with van der Waals surface area (Å²) in [6.07, 6.45) is 1.52. The van der Waals surface area contributed by atoms with Crippen molar-refractivity contribution in [2.24, 2.45) is 4.99 Å². The first kappa shape index (κ1) is 37.5. The molecule has 2 aliphatic rings. The van der Waals surface area contributed by atoms with E-state index in [-0.39, 0.29) is 11.6 Å². The van der Waals surface area contributed by atoms with Crippen LogP contribution in [0, 0.1) is 6.92 Å². The van der Waals surface area contributed by atoms with Gasteiger partial charge in [0.1, 0.15) is 6.17 Å². The van der Waals surface area contributed by atoms with Crippen molar-refractivity contribution in [1.82, 2.24) is 14.9 Å². The molecule has 1 unspecified atom stereocenters. The van der Waals surface area contributed by atoms with E-state index in [1.807, 2.05) is 12.3 Å². The van der Waals surface area contributed by atoms with Gasteiger partial charge in [0.2, 0.25) is 0 Å². The van der Waals surface area contributed by atoms with Crippen LogP contribution in [0.1, 0.15) is 48.0 Å². The molecule has 13 rings (SSSR count). The number of aliphatic imine (C=N–C) groups is 1. The van der Waals surface area contributed by atoms with Crippen LogP contribution in [0.2, 0.25) is 0 Å². The molecule has 4 heteroatoms. The molecule has 65 heavy (non-hydrogen) atoms. The van der Waals surface area contributed by atoms with E-state index < -0.39 is 0 Å². The van der Waals surface area contributed by atoms with E-state index in [4.69, 9.17) is 9.98 Å². The molecule has 0 saturated heterocycles. The van der Waals surface area contributed by atoms with Crippen molar-refractivity contribution in [2.75, 3.05) is 0 Å². The smallest absolute Gasteiger partial charge is 0.145 e. The number of benzene rings is 9. The van der Waals surface area contributed by atoms with E-state index in [1.54, 1.807) is 0 Å². The minimum Gasteiger partial charge on any atom is -0.362 e. The number of nitrogens with one attached hydrogen (secondary N) is 1. The first-order valence-corrected chi connectivity index (χ1v) is 22.6. The van der Waals surface area contributed by atoms with Gasteiger partial charge in [-0.25, -0.2) is 0 Å². The van der Waals surface area contributed by atoms with Gasteiger partial charge in [-0.3, -0.25) is 9.98 Å². The number of hydrogen-bond acceptors (Lipinski definition) is 3. The van der Waals surface area contributed by atoms with E-state index in [1.165, 1.54) is 93.4 Å². The molecule has 3 heterocycles. The molecule has 4 nitrogen and oxygen atoms in total. The second kappa shape index (κ2) is 14.2. The normalized spacial score (nSPS) is 15.4. The van der Waals surface area contributed by atoms with Crippen LogP contribution in [-0.4, -0.2) is 15.3 Å². The van der Waals surface area contributed by atoms with Gasteiger partial charge in [0.25, 0.3) is 0 Å². The Balaban J connectivity index is 1.02. The Hall–Kier alpha value is -8.08. The van der Waals surface area contributed by atoms with Gasteiger partial charge in [-0.2, -0.15) is 0 Å². The molecular weight excluding hydrogens is 789 g/mol. The summed E-state index contributed by atoms with van der Waals surface area (Å²) < 4.78 is 2.49. The number of hydrogen-bond donors (Lipinski definition) is 1. The van der Waals surface area contributed by atoms with Crippen molar-refractivity contribution in [3.8, 4) is 27.9 Å². The third-order valence-corrected chi connectivity index (χ3v) is 14.1. The van der Waals surface area contributed by atoms with Crippen LogP contribution in [-0.2, 0) is 5.41 Å². The van der Waals surface area contributed by atoms with E-state index in [9.17, 15) is 0 Å². The fourth-order valence-electron chi connectivity index (χ4n) is 11.0. The molecule has 1 aliphatic heterocycles. The highest BCUT2D eigenvalue weighted by Crippen LogP contribution is 2.52. The molecular formula is C61H44N4. The van der Waals surface area contributed by atoms with Gasteiger partial charge in [0.15, 0.2) is 0 Å². The molecule has 0 radical (unpaired) electrons. The summed E-state index contributed by atoms with van der Waals surface area (Å²) in [6.45, 7) is 6.93. The van der Waals surface area contributed by atoms with Crippen LogP contribution in [0.3, 0.4) is 0 Å². The molecule has 2 aromatic heterocycles. The highest BCUT2D eigenvalue weighted by Gasteiger charge is 2.44. The number of aryl methyl sites for hydroxylation is 1. The average Bonchev–Trinajstić information content (AvgIpc) is 3.77. The number of rotatable bonds is 5. The van der Waals surface area contributed by atoms with Gasteiger partial charge in [-0.05, 0) is 127 Å².